The van der Waals surface area contributed by atoms with Crippen molar-refractivity contribution in [3.05, 3.63) is 58.1 Å². The standard InChI is InChI=1S/C15H11Cl3N6/c16-9-4-3-8(6-10(9)17)23-14-12(19)15(22-7-21-14)24-11-2-1-5-20-13(11)18/h1-7H,19H2,(H2,21,22,23,24). The fraction of sp³-hybridized carbons (Fsp3) is 0. The predicted molar refractivity (Wildman–Crippen MR) is 98.7 cm³/mol. The summed E-state index contributed by atoms with van der Waals surface area (Å²) in [5.41, 5.74) is 7.73. The van der Waals surface area contributed by atoms with Crippen LogP contribution in [0.2, 0.25) is 15.2 Å². The highest BCUT2D eigenvalue weighted by atomic mass is 35.5. The molecule has 0 saturated heterocycles. The molecule has 3 aromatic rings. The second-order valence-electron chi connectivity index (χ2n) is 4.71. The number of anilines is 5. The van der Waals surface area contributed by atoms with Crippen molar-refractivity contribution in [3.8, 4) is 0 Å². The lowest BCUT2D eigenvalue weighted by molar-refractivity contribution is 1.17. The first kappa shape index (κ1) is 16.6. The number of benzene rings is 1. The zero-order valence-electron chi connectivity index (χ0n) is 12.1. The van der Waals surface area contributed by atoms with E-state index >= 15 is 0 Å². The third kappa shape index (κ3) is 3.62. The summed E-state index contributed by atoms with van der Waals surface area (Å²) in [7, 11) is 0. The van der Waals surface area contributed by atoms with Gasteiger partial charge in [0.2, 0.25) is 0 Å². The van der Waals surface area contributed by atoms with Gasteiger partial charge in [0.05, 0.1) is 15.7 Å². The summed E-state index contributed by atoms with van der Waals surface area (Å²) >= 11 is 17.9. The van der Waals surface area contributed by atoms with Gasteiger partial charge in [-0.3, -0.25) is 0 Å². The summed E-state index contributed by atoms with van der Waals surface area (Å²) in [5.74, 6) is 0.827. The Bertz CT molecular complexity index is 887. The highest BCUT2D eigenvalue weighted by Crippen LogP contribution is 2.31. The predicted octanol–water partition coefficient (Wildman–Crippen LogP) is 4.90. The molecule has 0 unspecified atom stereocenters. The number of nitrogen functional groups attached to an aromatic ring is 1. The van der Waals surface area contributed by atoms with E-state index in [0.717, 1.165) is 0 Å². The third-order valence-corrected chi connectivity index (χ3v) is 4.12. The molecule has 0 fully saturated rings. The third-order valence-electron chi connectivity index (χ3n) is 3.08. The van der Waals surface area contributed by atoms with Crippen molar-refractivity contribution in [1.29, 1.82) is 0 Å². The van der Waals surface area contributed by atoms with E-state index in [2.05, 4.69) is 25.6 Å². The van der Waals surface area contributed by atoms with Gasteiger partial charge in [-0.25, -0.2) is 15.0 Å². The molecule has 3 rings (SSSR count). The van der Waals surface area contributed by atoms with Crippen molar-refractivity contribution in [2.45, 2.75) is 0 Å². The van der Waals surface area contributed by atoms with E-state index < -0.39 is 0 Å². The molecule has 0 saturated carbocycles. The van der Waals surface area contributed by atoms with Crippen molar-refractivity contribution in [2.75, 3.05) is 16.4 Å². The van der Waals surface area contributed by atoms with Crippen LogP contribution in [0.15, 0.2) is 42.9 Å². The Morgan fingerprint density at radius 1 is 0.875 bits per heavy atom. The second kappa shape index (κ2) is 7.09. The molecule has 0 aliphatic carbocycles. The van der Waals surface area contributed by atoms with Gasteiger partial charge in [0.1, 0.15) is 12.0 Å². The molecular weight excluding hydrogens is 371 g/mol. The van der Waals surface area contributed by atoms with Gasteiger partial charge in [0.15, 0.2) is 16.8 Å². The maximum Gasteiger partial charge on any atom is 0.159 e. The van der Waals surface area contributed by atoms with Crippen LogP contribution in [0, 0.1) is 0 Å². The van der Waals surface area contributed by atoms with Crippen molar-refractivity contribution in [2.24, 2.45) is 0 Å². The van der Waals surface area contributed by atoms with Crippen LogP contribution in [-0.4, -0.2) is 15.0 Å². The largest absolute Gasteiger partial charge is 0.393 e. The minimum Gasteiger partial charge on any atom is -0.393 e. The number of nitrogens with zero attached hydrogens (tertiary/aromatic N) is 3. The minimum atomic E-state index is 0.314. The molecule has 0 aliphatic rings. The van der Waals surface area contributed by atoms with Crippen LogP contribution in [0.3, 0.4) is 0 Å². The summed E-state index contributed by atoms with van der Waals surface area (Å²) in [5, 5.41) is 7.31. The monoisotopic (exact) mass is 380 g/mol. The van der Waals surface area contributed by atoms with Gasteiger partial charge in [0.25, 0.3) is 0 Å². The fourth-order valence-electron chi connectivity index (χ4n) is 1.91. The lowest BCUT2D eigenvalue weighted by atomic mass is 10.3. The van der Waals surface area contributed by atoms with E-state index in [1.54, 1.807) is 36.5 Å². The Kier molecular flexibility index (Phi) is 4.89. The van der Waals surface area contributed by atoms with Crippen molar-refractivity contribution in [3.63, 3.8) is 0 Å². The van der Waals surface area contributed by atoms with Crippen LogP contribution in [0.5, 0.6) is 0 Å². The van der Waals surface area contributed by atoms with E-state index in [1.807, 2.05) is 0 Å². The SMILES string of the molecule is Nc1c(Nc2ccc(Cl)c(Cl)c2)ncnc1Nc1cccnc1Cl. The summed E-state index contributed by atoms with van der Waals surface area (Å²) in [6, 6.07) is 8.64. The number of nitrogens with two attached hydrogens (primary N) is 1. The van der Waals surface area contributed by atoms with Crippen LogP contribution in [0.1, 0.15) is 0 Å². The number of halogens is 3. The highest BCUT2D eigenvalue weighted by Gasteiger charge is 2.11. The maximum absolute atomic E-state index is 6.12. The molecule has 0 amide bonds. The molecule has 2 aromatic heterocycles. The molecule has 6 nitrogen and oxygen atoms in total. The van der Waals surface area contributed by atoms with Gasteiger partial charge >= 0.3 is 0 Å². The highest BCUT2D eigenvalue weighted by molar-refractivity contribution is 6.42. The Hall–Kier alpha value is -2.28. The Morgan fingerprint density at radius 2 is 1.62 bits per heavy atom. The molecule has 0 aliphatic heterocycles. The first-order valence-electron chi connectivity index (χ1n) is 6.74. The van der Waals surface area contributed by atoms with E-state index in [1.165, 1.54) is 6.33 Å². The van der Waals surface area contributed by atoms with Gasteiger partial charge in [-0.1, -0.05) is 34.8 Å². The van der Waals surface area contributed by atoms with Gasteiger partial charge in [-0.05, 0) is 30.3 Å². The summed E-state index contributed by atoms with van der Waals surface area (Å²) in [4.78, 5) is 12.3. The van der Waals surface area contributed by atoms with Gasteiger partial charge in [0, 0.05) is 11.9 Å². The van der Waals surface area contributed by atoms with Crippen molar-refractivity contribution < 1.29 is 0 Å². The smallest absolute Gasteiger partial charge is 0.159 e. The normalized spacial score (nSPS) is 10.5. The molecule has 0 bridgehead atoms. The van der Waals surface area contributed by atoms with Crippen LogP contribution in [0.4, 0.5) is 28.7 Å². The van der Waals surface area contributed by atoms with Crippen LogP contribution in [-0.2, 0) is 0 Å². The summed E-state index contributed by atoms with van der Waals surface area (Å²) in [6.45, 7) is 0. The molecule has 0 spiro atoms. The van der Waals surface area contributed by atoms with E-state index in [4.69, 9.17) is 40.5 Å². The molecule has 9 heteroatoms. The maximum atomic E-state index is 6.12. The van der Waals surface area contributed by atoms with Gasteiger partial charge < -0.3 is 16.4 Å². The number of hydrogen-bond acceptors (Lipinski definition) is 6. The average molecular weight is 382 g/mol. The molecule has 0 atom stereocenters. The van der Waals surface area contributed by atoms with Crippen LogP contribution >= 0.6 is 34.8 Å². The topological polar surface area (TPSA) is 88.8 Å². The molecular formula is C15H11Cl3N6. The number of rotatable bonds is 4. The average Bonchev–Trinajstić information content (AvgIpc) is 2.57. The van der Waals surface area contributed by atoms with Gasteiger partial charge in [-0.2, -0.15) is 0 Å². The lowest BCUT2D eigenvalue weighted by Crippen LogP contribution is -2.05. The first-order chi connectivity index (χ1) is 11.5. The zero-order valence-corrected chi connectivity index (χ0v) is 14.4. The van der Waals surface area contributed by atoms with E-state index in [-0.39, 0.29) is 0 Å². The second-order valence-corrected chi connectivity index (χ2v) is 5.88. The zero-order chi connectivity index (χ0) is 17.1. The lowest BCUT2D eigenvalue weighted by Gasteiger charge is -2.13. The molecule has 0 radical (unpaired) electrons. The van der Waals surface area contributed by atoms with Crippen LogP contribution in [0.25, 0.3) is 0 Å². The van der Waals surface area contributed by atoms with Gasteiger partial charge in [-0.15, -0.1) is 0 Å². The number of hydrogen-bond donors (Lipinski definition) is 3. The molecule has 2 heterocycles. The quantitative estimate of drug-likeness (QED) is 0.557. The Balaban J connectivity index is 1.88. The number of aromatic nitrogens is 3. The molecule has 1 aromatic carbocycles. The van der Waals surface area contributed by atoms with E-state index in [9.17, 15) is 0 Å². The molecule has 24 heavy (non-hydrogen) atoms. The fourth-order valence-corrected chi connectivity index (χ4v) is 2.38. The van der Waals surface area contributed by atoms with Crippen LogP contribution < -0.4 is 16.4 Å². The summed E-state index contributed by atoms with van der Waals surface area (Å²) < 4.78 is 0. The van der Waals surface area contributed by atoms with E-state index in [0.29, 0.717) is 43.9 Å². The molecule has 122 valence electrons. The Labute approximate surface area is 153 Å². The number of nitrogens with one attached hydrogen (secondary N) is 2. The first-order valence-corrected chi connectivity index (χ1v) is 7.88. The molecule has 4 N–H and O–H groups in total. The number of pyridine rings is 1. The summed E-state index contributed by atoms with van der Waals surface area (Å²) in [6.07, 6.45) is 2.97. The van der Waals surface area contributed by atoms with Crippen molar-refractivity contribution in [1.82, 2.24) is 15.0 Å². The minimum absolute atomic E-state index is 0.314. The van der Waals surface area contributed by atoms with Crippen molar-refractivity contribution >= 4 is 63.5 Å². The Morgan fingerprint density at radius 3 is 2.33 bits per heavy atom.